The van der Waals surface area contributed by atoms with Gasteiger partial charge < -0.3 is 10.1 Å². The molecule has 4 rings (SSSR count). The molecule has 1 saturated heterocycles. The van der Waals surface area contributed by atoms with Crippen LogP contribution in [0.25, 0.3) is 0 Å². The SMILES string of the molecule is COc1ccc(CN2CCC(CNC(=O)C3CC3c3ccc(C(F)(F)F)cc3)CC2)cc1. The fourth-order valence-corrected chi connectivity index (χ4v) is 4.49. The second-order valence-electron chi connectivity index (χ2n) is 8.88. The van der Waals surface area contributed by atoms with E-state index in [9.17, 15) is 18.0 Å². The van der Waals surface area contributed by atoms with Gasteiger partial charge >= 0.3 is 6.18 Å². The summed E-state index contributed by atoms with van der Waals surface area (Å²) >= 11 is 0. The number of carbonyl (C=O) groups is 1. The van der Waals surface area contributed by atoms with Gasteiger partial charge in [-0.05, 0) is 79.6 Å². The van der Waals surface area contributed by atoms with Crippen LogP contribution >= 0.6 is 0 Å². The summed E-state index contributed by atoms with van der Waals surface area (Å²) in [5, 5.41) is 3.08. The van der Waals surface area contributed by atoms with Gasteiger partial charge in [0, 0.05) is 19.0 Å². The maximum absolute atomic E-state index is 12.7. The molecule has 1 amide bonds. The number of halogens is 3. The minimum absolute atomic E-state index is 0.0237. The number of hydrogen-bond donors (Lipinski definition) is 1. The minimum atomic E-state index is -4.33. The molecule has 2 aromatic carbocycles. The van der Waals surface area contributed by atoms with Gasteiger partial charge in [0.25, 0.3) is 0 Å². The van der Waals surface area contributed by atoms with Crippen LogP contribution in [0.2, 0.25) is 0 Å². The fraction of sp³-hybridized carbons (Fsp3) is 0.480. The van der Waals surface area contributed by atoms with Crippen molar-refractivity contribution in [1.29, 1.82) is 0 Å². The first kappa shape index (κ1) is 22.6. The molecule has 2 aromatic rings. The predicted molar refractivity (Wildman–Crippen MR) is 116 cm³/mol. The molecule has 7 heteroatoms. The Morgan fingerprint density at radius 2 is 1.72 bits per heavy atom. The van der Waals surface area contributed by atoms with Crippen LogP contribution in [-0.2, 0) is 17.5 Å². The lowest BCUT2D eigenvalue weighted by Crippen LogP contribution is -2.38. The summed E-state index contributed by atoms with van der Waals surface area (Å²) in [6, 6.07) is 13.3. The minimum Gasteiger partial charge on any atom is -0.497 e. The van der Waals surface area contributed by atoms with Gasteiger partial charge in [-0.2, -0.15) is 13.2 Å². The molecule has 2 unspecified atom stereocenters. The van der Waals surface area contributed by atoms with E-state index in [4.69, 9.17) is 4.74 Å². The average molecular weight is 447 g/mol. The summed E-state index contributed by atoms with van der Waals surface area (Å²) in [5.74, 6) is 1.26. The van der Waals surface area contributed by atoms with Gasteiger partial charge in [-0.25, -0.2) is 0 Å². The molecule has 4 nitrogen and oxygen atoms in total. The Kier molecular flexibility index (Phi) is 6.74. The number of amides is 1. The second kappa shape index (κ2) is 9.53. The molecule has 0 radical (unpaired) electrons. The van der Waals surface area contributed by atoms with Crippen molar-refractivity contribution in [2.24, 2.45) is 11.8 Å². The topological polar surface area (TPSA) is 41.6 Å². The Labute approximate surface area is 186 Å². The van der Waals surface area contributed by atoms with Crippen molar-refractivity contribution in [3.63, 3.8) is 0 Å². The summed E-state index contributed by atoms with van der Waals surface area (Å²) in [4.78, 5) is 14.9. The van der Waals surface area contributed by atoms with E-state index in [2.05, 4.69) is 22.3 Å². The molecular formula is C25H29F3N2O2. The third kappa shape index (κ3) is 5.63. The highest BCUT2D eigenvalue weighted by Crippen LogP contribution is 2.48. The van der Waals surface area contributed by atoms with Crippen molar-refractivity contribution >= 4 is 5.91 Å². The number of rotatable bonds is 7. The molecule has 1 aliphatic heterocycles. The molecule has 2 fully saturated rings. The lowest BCUT2D eigenvalue weighted by molar-refractivity contribution is -0.137. The normalized spacial score (nSPS) is 21.9. The number of nitrogens with zero attached hydrogens (tertiary/aromatic N) is 1. The highest BCUT2D eigenvalue weighted by molar-refractivity contribution is 5.82. The first-order valence-electron chi connectivity index (χ1n) is 11.1. The molecule has 2 atom stereocenters. The van der Waals surface area contributed by atoms with E-state index in [0.29, 0.717) is 18.9 Å². The highest BCUT2D eigenvalue weighted by Gasteiger charge is 2.44. The monoisotopic (exact) mass is 446 g/mol. The number of carbonyl (C=O) groups excluding carboxylic acids is 1. The van der Waals surface area contributed by atoms with Crippen LogP contribution in [-0.4, -0.2) is 37.6 Å². The van der Waals surface area contributed by atoms with Crippen molar-refractivity contribution in [3.05, 3.63) is 65.2 Å². The summed E-state index contributed by atoms with van der Waals surface area (Å²) in [6.45, 7) is 3.60. The number of alkyl halides is 3. The number of benzene rings is 2. The number of nitrogens with one attached hydrogen (secondary N) is 1. The summed E-state index contributed by atoms with van der Waals surface area (Å²) in [7, 11) is 1.66. The zero-order chi connectivity index (χ0) is 22.7. The predicted octanol–water partition coefficient (Wildman–Crippen LogP) is 4.85. The van der Waals surface area contributed by atoms with Gasteiger partial charge in [0.2, 0.25) is 5.91 Å². The number of piperidine rings is 1. The summed E-state index contributed by atoms with van der Waals surface area (Å²) in [5.41, 5.74) is 1.42. The van der Waals surface area contributed by atoms with Gasteiger partial charge in [0.1, 0.15) is 5.75 Å². The van der Waals surface area contributed by atoms with E-state index in [1.54, 1.807) is 7.11 Å². The lowest BCUT2D eigenvalue weighted by Gasteiger charge is -2.32. The van der Waals surface area contributed by atoms with Crippen LogP contribution in [0.4, 0.5) is 13.2 Å². The van der Waals surface area contributed by atoms with Crippen LogP contribution in [0.5, 0.6) is 5.75 Å². The molecular weight excluding hydrogens is 417 g/mol. The molecule has 1 saturated carbocycles. The quantitative estimate of drug-likeness (QED) is 0.661. The summed E-state index contributed by atoms with van der Waals surface area (Å²) in [6.07, 6.45) is -1.53. The number of ether oxygens (including phenoxy) is 1. The zero-order valence-corrected chi connectivity index (χ0v) is 18.2. The van der Waals surface area contributed by atoms with Gasteiger partial charge in [-0.3, -0.25) is 9.69 Å². The molecule has 1 N–H and O–H groups in total. The van der Waals surface area contributed by atoms with E-state index >= 15 is 0 Å². The Hall–Kier alpha value is -2.54. The van der Waals surface area contributed by atoms with Gasteiger partial charge in [-0.15, -0.1) is 0 Å². The van der Waals surface area contributed by atoms with E-state index in [0.717, 1.165) is 55.9 Å². The van der Waals surface area contributed by atoms with E-state index in [1.165, 1.54) is 17.7 Å². The van der Waals surface area contributed by atoms with Gasteiger partial charge in [0.05, 0.1) is 12.7 Å². The molecule has 1 aliphatic carbocycles. The molecule has 0 spiro atoms. The van der Waals surface area contributed by atoms with Crippen LogP contribution < -0.4 is 10.1 Å². The third-order valence-corrected chi connectivity index (χ3v) is 6.63. The maximum Gasteiger partial charge on any atom is 0.416 e. The van der Waals surface area contributed by atoms with E-state index < -0.39 is 11.7 Å². The lowest BCUT2D eigenvalue weighted by atomic mass is 9.96. The molecule has 0 bridgehead atoms. The zero-order valence-electron chi connectivity index (χ0n) is 18.2. The van der Waals surface area contributed by atoms with Crippen molar-refractivity contribution in [2.75, 3.05) is 26.7 Å². The standard InChI is InChI=1S/C25H29F3N2O2/c1-32-21-8-2-18(3-9-21)16-30-12-10-17(11-13-30)15-29-24(31)23-14-22(23)19-4-6-20(7-5-19)25(26,27)28/h2-9,17,22-23H,10-16H2,1H3,(H,29,31). The fourth-order valence-electron chi connectivity index (χ4n) is 4.49. The second-order valence-corrected chi connectivity index (χ2v) is 8.88. The van der Waals surface area contributed by atoms with E-state index in [1.807, 2.05) is 12.1 Å². The third-order valence-electron chi connectivity index (χ3n) is 6.63. The van der Waals surface area contributed by atoms with Crippen molar-refractivity contribution in [2.45, 2.75) is 37.9 Å². The van der Waals surface area contributed by atoms with Gasteiger partial charge in [-0.1, -0.05) is 24.3 Å². The highest BCUT2D eigenvalue weighted by atomic mass is 19.4. The number of methoxy groups -OCH3 is 1. The Morgan fingerprint density at radius 1 is 1.06 bits per heavy atom. The number of hydrogen-bond acceptors (Lipinski definition) is 3. The van der Waals surface area contributed by atoms with Crippen molar-refractivity contribution in [1.82, 2.24) is 10.2 Å². The molecule has 0 aromatic heterocycles. The van der Waals surface area contributed by atoms with Crippen molar-refractivity contribution in [3.8, 4) is 5.75 Å². The smallest absolute Gasteiger partial charge is 0.416 e. The Balaban J connectivity index is 1.17. The van der Waals surface area contributed by atoms with E-state index in [-0.39, 0.29) is 17.7 Å². The Bertz CT molecular complexity index is 904. The Morgan fingerprint density at radius 3 is 2.31 bits per heavy atom. The van der Waals surface area contributed by atoms with Crippen LogP contribution in [0, 0.1) is 11.8 Å². The largest absolute Gasteiger partial charge is 0.497 e. The molecule has 1 heterocycles. The van der Waals surface area contributed by atoms with Crippen LogP contribution in [0.15, 0.2) is 48.5 Å². The molecule has 172 valence electrons. The molecule has 32 heavy (non-hydrogen) atoms. The average Bonchev–Trinajstić information content (AvgIpc) is 3.60. The first-order chi connectivity index (χ1) is 15.3. The first-order valence-corrected chi connectivity index (χ1v) is 11.1. The molecule has 2 aliphatic rings. The maximum atomic E-state index is 12.7. The van der Waals surface area contributed by atoms with Gasteiger partial charge in [0.15, 0.2) is 0 Å². The van der Waals surface area contributed by atoms with Crippen molar-refractivity contribution < 1.29 is 22.7 Å². The van der Waals surface area contributed by atoms with Crippen LogP contribution in [0.3, 0.4) is 0 Å². The number of likely N-dealkylation sites (tertiary alicyclic amines) is 1. The van der Waals surface area contributed by atoms with Crippen LogP contribution in [0.1, 0.15) is 41.9 Å². The summed E-state index contributed by atoms with van der Waals surface area (Å²) < 4.78 is 43.3.